The molecule has 1 saturated carbocycles. The number of aromatic nitrogens is 1. The Morgan fingerprint density at radius 3 is 2.73 bits per heavy atom. The average molecular weight is 303 g/mol. The van der Waals surface area contributed by atoms with E-state index in [0.29, 0.717) is 17.4 Å². The fourth-order valence-electron chi connectivity index (χ4n) is 4.07. The first kappa shape index (κ1) is 14.2. The van der Waals surface area contributed by atoms with Crippen LogP contribution in [0.4, 0.5) is 0 Å². The summed E-state index contributed by atoms with van der Waals surface area (Å²) in [5.41, 5.74) is 1.33. The zero-order chi connectivity index (χ0) is 15.2. The maximum absolute atomic E-state index is 12.1. The van der Waals surface area contributed by atoms with E-state index in [-0.39, 0.29) is 0 Å². The molecule has 0 atom stereocenters. The number of nitrogens with zero attached hydrogens (tertiary/aromatic N) is 3. The molecule has 1 aliphatic carbocycles. The van der Waals surface area contributed by atoms with Crippen LogP contribution >= 0.6 is 0 Å². The van der Waals surface area contributed by atoms with Crippen molar-refractivity contribution >= 4 is 5.91 Å². The van der Waals surface area contributed by atoms with Gasteiger partial charge in [0.1, 0.15) is 0 Å². The molecule has 22 heavy (non-hydrogen) atoms. The average Bonchev–Trinajstić information content (AvgIpc) is 3.28. The summed E-state index contributed by atoms with van der Waals surface area (Å²) < 4.78 is 5.33. The molecule has 1 spiro atoms. The van der Waals surface area contributed by atoms with Crippen LogP contribution in [-0.4, -0.2) is 46.5 Å². The number of rotatable bonds is 3. The number of hydrogen-bond donors (Lipinski definition) is 0. The smallest absolute Gasteiger partial charge is 0.222 e. The van der Waals surface area contributed by atoms with Crippen LogP contribution < -0.4 is 0 Å². The SMILES string of the molecule is Cc1cc(CN2CCC3(CCC(=O)N(C4CC4)C3)CC2)on1. The van der Waals surface area contributed by atoms with E-state index in [4.69, 9.17) is 4.52 Å². The first-order chi connectivity index (χ1) is 10.6. The molecule has 0 bridgehead atoms. The number of carbonyl (C=O) groups is 1. The van der Waals surface area contributed by atoms with Crippen LogP contribution in [0.5, 0.6) is 0 Å². The van der Waals surface area contributed by atoms with Gasteiger partial charge in [-0.3, -0.25) is 9.69 Å². The standard InChI is InChI=1S/C17H25N3O2/c1-13-10-15(22-18-13)11-19-8-6-17(7-9-19)5-4-16(21)20(12-17)14-2-3-14/h10,14H,2-9,11-12H2,1H3. The molecule has 3 aliphatic rings. The molecule has 1 aromatic rings. The Kier molecular flexibility index (Phi) is 3.48. The highest BCUT2D eigenvalue weighted by Crippen LogP contribution is 2.43. The third-order valence-electron chi connectivity index (χ3n) is 5.66. The molecule has 4 rings (SSSR count). The molecule has 0 radical (unpaired) electrons. The Bertz CT molecular complexity index is 556. The molecule has 1 amide bonds. The van der Waals surface area contributed by atoms with Crippen molar-refractivity contribution in [2.75, 3.05) is 19.6 Å². The fraction of sp³-hybridized carbons (Fsp3) is 0.765. The van der Waals surface area contributed by atoms with E-state index < -0.39 is 0 Å². The van der Waals surface area contributed by atoms with E-state index in [2.05, 4.69) is 15.0 Å². The minimum absolute atomic E-state index is 0.379. The van der Waals surface area contributed by atoms with Crippen molar-refractivity contribution in [3.05, 3.63) is 17.5 Å². The van der Waals surface area contributed by atoms with Gasteiger partial charge in [-0.15, -0.1) is 0 Å². The Labute approximate surface area is 131 Å². The van der Waals surface area contributed by atoms with Gasteiger partial charge in [0.15, 0.2) is 5.76 Å². The minimum Gasteiger partial charge on any atom is -0.360 e. The van der Waals surface area contributed by atoms with E-state index in [1.54, 1.807) is 0 Å². The molecular weight excluding hydrogens is 278 g/mol. The van der Waals surface area contributed by atoms with Crippen LogP contribution in [0.2, 0.25) is 0 Å². The second-order valence-electron chi connectivity index (χ2n) is 7.46. The second kappa shape index (κ2) is 5.37. The summed E-state index contributed by atoms with van der Waals surface area (Å²) in [4.78, 5) is 16.8. The van der Waals surface area contributed by atoms with Crippen molar-refractivity contribution in [3.63, 3.8) is 0 Å². The molecule has 3 fully saturated rings. The lowest BCUT2D eigenvalue weighted by atomic mass is 9.72. The van der Waals surface area contributed by atoms with Crippen LogP contribution in [0, 0.1) is 12.3 Å². The molecule has 3 heterocycles. The van der Waals surface area contributed by atoms with E-state index in [1.165, 1.54) is 25.7 Å². The summed E-state index contributed by atoms with van der Waals surface area (Å²) in [5.74, 6) is 1.36. The van der Waals surface area contributed by atoms with Gasteiger partial charge in [0.05, 0.1) is 12.2 Å². The largest absolute Gasteiger partial charge is 0.360 e. The lowest BCUT2D eigenvalue weighted by Gasteiger charge is -2.47. The number of carbonyl (C=O) groups excluding carboxylic acids is 1. The summed E-state index contributed by atoms with van der Waals surface area (Å²) >= 11 is 0. The van der Waals surface area contributed by atoms with Gasteiger partial charge in [-0.05, 0) is 57.5 Å². The summed E-state index contributed by atoms with van der Waals surface area (Å²) in [6, 6.07) is 2.60. The second-order valence-corrected chi connectivity index (χ2v) is 7.46. The molecule has 0 aromatic carbocycles. The quantitative estimate of drug-likeness (QED) is 0.860. The summed E-state index contributed by atoms with van der Waals surface area (Å²) in [5, 5.41) is 3.96. The number of amides is 1. The maximum atomic E-state index is 12.1. The highest BCUT2D eigenvalue weighted by atomic mass is 16.5. The molecule has 0 unspecified atom stereocenters. The van der Waals surface area contributed by atoms with Crippen molar-refractivity contribution in [1.82, 2.24) is 15.0 Å². The van der Waals surface area contributed by atoms with Gasteiger partial charge < -0.3 is 9.42 Å². The minimum atomic E-state index is 0.379. The zero-order valence-corrected chi connectivity index (χ0v) is 13.4. The van der Waals surface area contributed by atoms with Crippen molar-refractivity contribution in [3.8, 4) is 0 Å². The van der Waals surface area contributed by atoms with E-state index in [0.717, 1.165) is 50.5 Å². The lowest BCUT2D eigenvalue weighted by Crippen LogP contribution is -2.51. The molecule has 0 N–H and O–H groups in total. The summed E-state index contributed by atoms with van der Waals surface area (Å²) in [6.45, 7) is 6.04. The monoisotopic (exact) mass is 303 g/mol. The van der Waals surface area contributed by atoms with Gasteiger partial charge in [0.25, 0.3) is 0 Å². The van der Waals surface area contributed by atoms with Crippen LogP contribution in [0.1, 0.15) is 50.0 Å². The predicted octanol–water partition coefficient (Wildman–Crippen LogP) is 2.35. The molecule has 5 nitrogen and oxygen atoms in total. The normalized spacial score (nSPS) is 25.9. The number of hydrogen-bond acceptors (Lipinski definition) is 4. The van der Waals surface area contributed by atoms with Crippen LogP contribution in [0.3, 0.4) is 0 Å². The van der Waals surface area contributed by atoms with Crippen LogP contribution in [0.25, 0.3) is 0 Å². The number of piperidine rings is 2. The summed E-state index contributed by atoms with van der Waals surface area (Å²) in [7, 11) is 0. The van der Waals surface area contributed by atoms with Crippen LogP contribution in [-0.2, 0) is 11.3 Å². The van der Waals surface area contributed by atoms with Gasteiger partial charge in [0.2, 0.25) is 5.91 Å². The number of aryl methyl sites for hydroxylation is 1. The third kappa shape index (κ3) is 2.78. The Morgan fingerprint density at radius 2 is 2.09 bits per heavy atom. The van der Waals surface area contributed by atoms with Gasteiger partial charge >= 0.3 is 0 Å². The van der Waals surface area contributed by atoms with Crippen molar-refractivity contribution in [1.29, 1.82) is 0 Å². The predicted molar refractivity (Wildman–Crippen MR) is 82.2 cm³/mol. The van der Waals surface area contributed by atoms with Gasteiger partial charge in [0, 0.05) is 25.1 Å². The zero-order valence-electron chi connectivity index (χ0n) is 13.4. The highest BCUT2D eigenvalue weighted by molar-refractivity contribution is 5.77. The third-order valence-corrected chi connectivity index (χ3v) is 5.66. The molecule has 2 saturated heterocycles. The first-order valence-corrected chi connectivity index (χ1v) is 8.58. The number of likely N-dealkylation sites (tertiary alicyclic amines) is 2. The molecule has 1 aromatic heterocycles. The highest BCUT2D eigenvalue weighted by Gasteiger charge is 2.45. The van der Waals surface area contributed by atoms with Crippen molar-refractivity contribution in [2.24, 2.45) is 5.41 Å². The lowest BCUT2D eigenvalue weighted by molar-refractivity contribution is -0.139. The topological polar surface area (TPSA) is 49.6 Å². The van der Waals surface area contributed by atoms with E-state index in [9.17, 15) is 4.79 Å². The fourth-order valence-corrected chi connectivity index (χ4v) is 4.07. The van der Waals surface area contributed by atoms with Gasteiger partial charge in [-0.2, -0.15) is 0 Å². The summed E-state index contributed by atoms with van der Waals surface area (Å²) in [6.07, 6.45) is 6.70. The van der Waals surface area contributed by atoms with Gasteiger partial charge in [-0.25, -0.2) is 0 Å². The Hall–Kier alpha value is -1.36. The first-order valence-electron chi connectivity index (χ1n) is 8.58. The molecule has 5 heteroatoms. The Morgan fingerprint density at radius 1 is 1.32 bits per heavy atom. The Balaban J connectivity index is 1.35. The van der Waals surface area contributed by atoms with Gasteiger partial charge in [-0.1, -0.05) is 5.16 Å². The van der Waals surface area contributed by atoms with E-state index >= 15 is 0 Å². The van der Waals surface area contributed by atoms with Crippen molar-refractivity contribution < 1.29 is 9.32 Å². The van der Waals surface area contributed by atoms with E-state index in [1.807, 2.05) is 13.0 Å². The molecule has 2 aliphatic heterocycles. The van der Waals surface area contributed by atoms with Crippen LogP contribution in [0.15, 0.2) is 10.6 Å². The molecule has 120 valence electrons. The van der Waals surface area contributed by atoms with Crippen molar-refractivity contribution in [2.45, 2.75) is 58.0 Å². The maximum Gasteiger partial charge on any atom is 0.222 e. The molecular formula is C17H25N3O2.